The number of benzene rings is 2. The van der Waals surface area contributed by atoms with Crippen LogP contribution in [0.5, 0.6) is 5.75 Å². The molecule has 1 aliphatic heterocycles. The second kappa shape index (κ2) is 8.46. The Morgan fingerprint density at radius 2 is 1.71 bits per heavy atom. The van der Waals surface area contributed by atoms with Crippen molar-refractivity contribution in [3.8, 4) is 5.75 Å². The first-order chi connectivity index (χ1) is 16.8. The number of para-hydroxylation sites is 1. The highest BCUT2D eigenvalue weighted by molar-refractivity contribution is 6.11. The van der Waals surface area contributed by atoms with Gasteiger partial charge in [0.1, 0.15) is 17.9 Å². The van der Waals surface area contributed by atoms with Gasteiger partial charge in [0.05, 0.1) is 23.9 Å². The van der Waals surface area contributed by atoms with Crippen LogP contribution in [0, 0.1) is 33.8 Å². The fourth-order valence-corrected chi connectivity index (χ4v) is 5.33. The molecule has 4 atom stereocenters. The predicted molar refractivity (Wildman–Crippen MR) is 121 cm³/mol. The highest BCUT2D eigenvalue weighted by Crippen LogP contribution is 2.52. The summed E-state index contributed by atoms with van der Waals surface area (Å²) < 4.78 is 5.15. The van der Waals surface area contributed by atoms with Crippen molar-refractivity contribution in [3.05, 3.63) is 81.9 Å². The molecule has 2 bridgehead atoms. The van der Waals surface area contributed by atoms with E-state index in [1.165, 1.54) is 37.4 Å². The number of imide groups is 1. The second-order valence-corrected chi connectivity index (χ2v) is 8.78. The Labute approximate surface area is 199 Å². The summed E-state index contributed by atoms with van der Waals surface area (Å²) in [6.45, 7) is -0.655. The lowest BCUT2D eigenvalue weighted by Crippen LogP contribution is -2.52. The number of hydrazine groups is 1. The molecule has 0 aromatic heterocycles. The molecular weight excluding hydrogens is 454 g/mol. The standard InChI is InChI=1S/C25H21N3O7/c1-35-17-6-4-5-14(12-17)20(29)13-26(23(30)18-7-2-3-8-19(18)28(33)34)27-24(31)21-15-9-10-16(11-15)22(21)25(27)32/h2-10,12,15-16,21-22H,11,13H2,1H3/t15-,16-,21-,22+/m0/s1. The molecule has 1 saturated heterocycles. The van der Waals surface area contributed by atoms with E-state index in [1.54, 1.807) is 12.1 Å². The minimum Gasteiger partial charge on any atom is -0.497 e. The first-order valence-corrected chi connectivity index (χ1v) is 11.1. The predicted octanol–water partition coefficient (Wildman–Crippen LogP) is 2.65. The van der Waals surface area contributed by atoms with Gasteiger partial charge in [0.15, 0.2) is 5.78 Å². The van der Waals surface area contributed by atoms with Gasteiger partial charge >= 0.3 is 0 Å². The average Bonchev–Trinajstić information content (AvgIpc) is 3.56. The van der Waals surface area contributed by atoms with Gasteiger partial charge in [0, 0.05) is 11.6 Å². The number of amides is 3. The molecule has 0 unspecified atom stereocenters. The summed E-state index contributed by atoms with van der Waals surface area (Å²) in [7, 11) is 1.44. The number of nitrogens with zero attached hydrogens (tertiary/aromatic N) is 3. The highest BCUT2D eigenvalue weighted by Gasteiger charge is 2.61. The van der Waals surface area contributed by atoms with Crippen LogP contribution in [0.3, 0.4) is 0 Å². The number of carbonyl (C=O) groups is 4. The summed E-state index contributed by atoms with van der Waals surface area (Å²) in [5.74, 6) is -3.68. The third-order valence-electron chi connectivity index (χ3n) is 6.94. The summed E-state index contributed by atoms with van der Waals surface area (Å²) in [4.78, 5) is 64.5. The molecule has 10 heteroatoms. The lowest BCUT2D eigenvalue weighted by Gasteiger charge is -2.30. The molecule has 35 heavy (non-hydrogen) atoms. The van der Waals surface area contributed by atoms with E-state index in [0.29, 0.717) is 12.2 Å². The molecule has 3 amide bonds. The van der Waals surface area contributed by atoms with Crippen LogP contribution in [0.15, 0.2) is 60.7 Å². The number of ketones is 1. The Morgan fingerprint density at radius 3 is 2.34 bits per heavy atom. The van der Waals surface area contributed by atoms with Crippen molar-refractivity contribution in [2.45, 2.75) is 6.42 Å². The smallest absolute Gasteiger partial charge is 0.282 e. The first kappa shape index (κ1) is 22.5. The summed E-state index contributed by atoms with van der Waals surface area (Å²) >= 11 is 0. The third-order valence-corrected chi connectivity index (χ3v) is 6.94. The summed E-state index contributed by atoms with van der Waals surface area (Å²) in [6, 6.07) is 11.5. The Hall–Kier alpha value is -4.34. The molecular formula is C25H21N3O7. The van der Waals surface area contributed by atoms with Crippen LogP contribution in [-0.4, -0.2) is 52.1 Å². The Balaban J connectivity index is 1.54. The van der Waals surface area contributed by atoms with Gasteiger partial charge in [-0.1, -0.05) is 36.4 Å². The normalized spacial score (nSPS) is 24.0. The quantitative estimate of drug-likeness (QED) is 0.198. The fraction of sp³-hybridized carbons (Fsp3) is 0.280. The number of Topliss-reactive ketones (excluding diaryl/α,β-unsaturated/α-hetero) is 1. The molecule has 178 valence electrons. The zero-order chi connectivity index (χ0) is 24.9. The molecule has 0 N–H and O–H groups in total. The number of rotatable bonds is 7. The van der Waals surface area contributed by atoms with Gasteiger partial charge in [-0.25, -0.2) is 5.01 Å². The van der Waals surface area contributed by atoms with Gasteiger partial charge in [-0.2, -0.15) is 5.01 Å². The van der Waals surface area contributed by atoms with Gasteiger partial charge in [0.2, 0.25) is 0 Å². The van der Waals surface area contributed by atoms with Gasteiger partial charge in [-0.15, -0.1) is 0 Å². The van der Waals surface area contributed by atoms with Crippen molar-refractivity contribution >= 4 is 29.2 Å². The first-order valence-electron chi connectivity index (χ1n) is 11.1. The zero-order valence-electron chi connectivity index (χ0n) is 18.7. The lowest BCUT2D eigenvalue weighted by molar-refractivity contribution is -0.385. The van der Waals surface area contributed by atoms with Gasteiger partial charge < -0.3 is 4.74 Å². The van der Waals surface area contributed by atoms with Crippen LogP contribution in [0.2, 0.25) is 0 Å². The number of hydrogen-bond donors (Lipinski definition) is 0. The lowest BCUT2D eigenvalue weighted by atomic mass is 9.85. The number of carbonyl (C=O) groups excluding carboxylic acids is 4. The minimum absolute atomic E-state index is 0.108. The van der Waals surface area contributed by atoms with Crippen LogP contribution in [0.25, 0.3) is 0 Å². The van der Waals surface area contributed by atoms with E-state index in [-0.39, 0.29) is 23.0 Å². The van der Waals surface area contributed by atoms with Gasteiger partial charge in [-0.05, 0) is 36.5 Å². The summed E-state index contributed by atoms with van der Waals surface area (Å²) in [5, 5.41) is 13.1. The minimum atomic E-state index is -0.976. The Morgan fingerprint density at radius 1 is 1.06 bits per heavy atom. The number of allylic oxidation sites excluding steroid dienone is 2. The third kappa shape index (κ3) is 3.58. The van der Waals surface area contributed by atoms with Crippen LogP contribution < -0.4 is 4.74 Å². The van der Waals surface area contributed by atoms with E-state index in [1.807, 2.05) is 12.2 Å². The molecule has 0 radical (unpaired) electrons. The van der Waals surface area contributed by atoms with E-state index in [9.17, 15) is 29.3 Å². The van der Waals surface area contributed by atoms with Gasteiger partial charge in [-0.3, -0.25) is 29.3 Å². The van der Waals surface area contributed by atoms with Crippen molar-refractivity contribution < 1.29 is 28.8 Å². The van der Waals surface area contributed by atoms with Crippen LogP contribution in [-0.2, 0) is 9.59 Å². The average molecular weight is 475 g/mol. The van der Waals surface area contributed by atoms with Crippen molar-refractivity contribution in [1.29, 1.82) is 0 Å². The number of ether oxygens (including phenoxy) is 1. The molecule has 1 saturated carbocycles. The summed E-state index contributed by atoms with van der Waals surface area (Å²) in [6.07, 6.45) is 4.52. The van der Waals surface area contributed by atoms with E-state index in [0.717, 1.165) is 16.1 Å². The zero-order valence-corrected chi connectivity index (χ0v) is 18.7. The maximum absolute atomic E-state index is 13.6. The van der Waals surface area contributed by atoms with Crippen molar-refractivity contribution in [2.75, 3.05) is 13.7 Å². The van der Waals surface area contributed by atoms with E-state index >= 15 is 0 Å². The number of nitro benzene ring substituents is 1. The van der Waals surface area contributed by atoms with Crippen LogP contribution in [0.1, 0.15) is 27.1 Å². The van der Waals surface area contributed by atoms with Crippen LogP contribution >= 0.6 is 0 Å². The molecule has 0 spiro atoms. The monoisotopic (exact) mass is 475 g/mol. The molecule has 3 aliphatic rings. The van der Waals surface area contributed by atoms with Crippen molar-refractivity contribution in [1.82, 2.24) is 10.0 Å². The Bertz CT molecular complexity index is 1270. The Kier molecular flexibility index (Phi) is 5.43. The number of fused-ring (bicyclic) bond motifs is 5. The SMILES string of the molecule is COc1cccc(C(=O)CN(C(=O)c2ccccc2[N+](=O)[O-])N2C(=O)[C@@H]3[C@H](C2=O)[C@H]2C=C[C@H]3C2)c1. The maximum Gasteiger partial charge on any atom is 0.282 e. The molecule has 5 rings (SSSR count). The number of hydrogen-bond acceptors (Lipinski definition) is 7. The molecule has 10 nitrogen and oxygen atoms in total. The van der Waals surface area contributed by atoms with Crippen molar-refractivity contribution in [2.24, 2.45) is 23.7 Å². The largest absolute Gasteiger partial charge is 0.497 e. The maximum atomic E-state index is 13.6. The van der Waals surface area contributed by atoms with E-state index in [2.05, 4.69) is 0 Å². The van der Waals surface area contributed by atoms with Gasteiger partial charge in [0.25, 0.3) is 23.4 Å². The fourth-order valence-electron chi connectivity index (χ4n) is 5.33. The highest BCUT2D eigenvalue weighted by atomic mass is 16.6. The second-order valence-electron chi connectivity index (χ2n) is 8.78. The molecule has 2 aromatic carbocycles. The van der Waals surface area contributed by atoms with E-state index < -0.39 is 52.5 Å². The van der Waals surface area contributed by atoms with Crippen molar-refractivity contribution in [3.63, 3.8) is 0 Å². The molecule has 1 heterocycles. The van der Waals surface area contributed by atoms with E-state index in [4.69, 9.17) is 4.74 Å². The topological polar surface area (TPSA) is 127 Å². The number of nitro groups is 1. The summed E-state index contributed by atoms with van der Waals surface area (Å²) in [5.41, 5.74) is -0.613. The molecule has 2 fully saturated rings. The molecule has 2 aliphatic carbocycles. The number of methoxy groups -OCH3 is 1. The molecule has 2 aromatic rings. The van der Waals surface area contributed by atoms with Crippen LogP contribution in [0.4, 0.5) is 5.69 Å².